The average molecular weight is 542 g/mol. The Hall–Kier alpha value is -2.20. The van der Waals surface area contributed by atoms with E-state index in [4.69, 9.17) is 10.1 Å². The van der Waals surface area contributed by atoms with Gasteiger partial charge in [0, 0.05) is 30.6 Å². The van der Waals surface area contributed by atoms with E-state index in [1.54, 1.807) is 7.11 Å². The second kappa shape index (κ2) is 13.9. The van der Waals surface area contributed by atoms with Crippen LogP contribution in [0.25, 0.3) is 10.9 Å². The predicted octanol–water partition coefficient (Wildman–Crippen LogP) is 3.75. The third-order valence-corrected chi connectivity index (χ3v) is 6.82. The normalized spacial score (nSPS) is 23.6. The van der Waals surface area contributed by atoms with E-state index in [0.29, 0.717) is 24.5 Å². The molecule has 1 amide bonds. The standard InChI is InChI=1S/C25H36N6O3.2ClH/c1-15-7-12-19-18(13-15)23(30-21-6-4-3-5-20(21)28-22(26)14-34-2)31-24(29-19)25(33)27-16-8-10-17(32)11-9-16;;/h7,12-13,16-17,20-21,32H,3-6,8-11,14H2,1-2H3,(H2,26,28)(H,27,33)(H,29,30,31);2*1H/t16-,17-,20-,21+;;/m1../s1. The average Bonchev–Trinajstić information content (AvgIpc) is 2.82. The highest BCUT2D eigenvalue weighted by molar-refractivity contribution is 5.97. The number of amides is 1. The molecule has 9 nitrogen and oxygen atoms in total. The molecule has 5 N–H and O–H groups in total. The Balaban J connectivity index is 0.00000228. The number of methoxy groups -OCH3 is 1. The summed E-state index contributed by atoms with van der Waals surface area (Å²) in [6.45, 7) is 2.28. The first-order valence-corrected chi connectivity index (χ1v) is 12.3. The number of nitrogens with zero attached hydrogens (tertiary/aromatic N) is 2. The molecular weight excluding hydrogens is 503 g/mol. The van der Waals surface area contributed by atoms with E-state index in [0.717, 1.165) is 55.0 Å². The summed E-state index contributed by atoms with van der Waals surface area (Å²) in [5.41, 5.74) is 1.82. The molecule has 36 heavy (non-hydrogen) atoms. The van der Waals surface area contributed by atoms with Gasteiger partial charge in [0.25, 0.3) is 5.91 Å². The molecule has 0 aliphatic heterocycles. The van der Waals surface area contributed by atoms with Crippen LogP contribution in [0.15, 0.2) is 18.2 Å². The summed E-state index contributed by atoms with van der Waals surface area (Å²) in [4.78, 5) is 22.3. The van der Waals surface area contributed by atoms with Crippen LogP contribution in [0.3, 0.4) is 0 Å². The van der Waals surface area contributed by atoms with Gasteiger partial charge in [-0.05, 0) is 57.6 Å². The summed E-state index contributed by atoms with van der Waals surface area (Å²) in [5, 5.41) is 28.7. The van der Waals surface area contributed by atoms with Crippen molar-refractivity contribution in [3.8, 4) is 0 Å². The number of anilines is 1. The smallest absolute Gasteiger partial charge is 0.289 e. The molecule has 0 spiro atoms. The van der Waals surface area contributed by atoms with Gasteiger partial charge < -0.3 is 25.8 Å². The van der Waals surface area contributed by atoms with Crippen LogP contribution >= 0.6 is 24.8 Å². The van der Waals surface area contributed by atoms with Gasteiger partial charge in [0.2, 0.25) is 5.82 Å². The van der Waals surface area contributed by atoms with Crippen molar-refractivity contribution in [2.24, 2.45) is 0 Å². The van der Waals surface area contributed by atoms with Crippen LogP contribution in [-0.4, -0.2) is 64.8 Å². The van der Waals surface area contributed by atoms with Crippen molar-refractivity contribution in [3.05, 3.63) is 29.6 Å². The van der Waals surface area contributed by atoms with Gasteiger partial charge in [0.1, 0.15) is 18.3 Å². The number of halogens is 2. The number of aromatic nitrogens is 2. The minimum absolute atomic E-state index is 0. The van der Waals surface area contributed by atoms with Crippen LogP contribution in [0.2, 0.25) is 0 Å². The van der Waals surface area contributed by atoms with E-state index in [1.807, 2.05) is 25.1 Å². The fraction of sp³-hybridized carbons (Fsp3) is 0.600. The Bertz CT molecular complexity index is 1030. The highest BCUT2D eigenvalue weighted by Crippen LogP contribution is 2.27. The zero-order valence-corrected chi connectivity index (χ0v) is 22.5. The Kier molecular flexibility index (Phi) is 11.6. The van der Waals surface area contributed by atoms with E-state index >= 15 is 0 Å². The van der Waals surface area contributed by atoms with Crippen LogP contribution < -0.4 is 16.0 Å². The Labute approximate surface area is 224 Å². The van der Waals surface area contributed by atoms with Crippen LogP contribution in [-0.2, 0) is 4.74 Å². The highest BCUT2D eigenvalue weighted by atomic mass is 35.5. The van der Waals surface area contributed by atoms with Gasteiger partial charge in [0.05, 0.1) is 11.6 Å². The fourth-order valence-electron chi connectivity index (χ4n) is 4.99. The Morgan fingerprint density at radius 1 is 1.06 bits per heavy atom. The topological polar surface area (TPSA) is 132 Å². The summed E-state index contributed by atoms with van der Waals surface area (Å²) in [6, 6.07) is 6.14. The number of fused-ring (bicyclic) bond motifs is 1. The number of hydrogen-bond donors (Lipinski definition) is 5. The molecule has 200 valence electrons. The maximum atomic E-state index is 13.1. The molecule has 1 aromatic carbocycles. The van der Waals surface area contributed by atoms with Crippen LogP contribution in [0.4, 0.5) is 5.82 Å². The van der Waals surface area contributed by atoms with Gasteiger partial charge >= 0.3 is 0 Å². The van der Waals surface area contributed by atoms with Gasteiger partial charge in [-0.25, -0.2) is 9.97 Å². The Morgan fingerprint density at radius 2 is 1.75 bits per heavy atom. The summed E-state index contributed by atoms with van der Waals surface area (Å²) < 4.78 is 5.09. The third-order valence-electron chi connectivity index (χ3n) is 6.82. The number of amidine groups is 1. The molecule has 0 bridgehead atoms. The minimum atomic E-state index is -0.285. The second-order valence-electron chi connectivity index (χ2n) is 9.59. The number of ether oxygens (including phenoxy) is 1. The largest absolute Gasteiger partial charge is 0.393 e. The lowest BCUT2D eigenvalue weighted by Crippen LogP contribution is -2.49. The zero-order chi connectivity index (χ0) is 24.1. The molecule has 2 aliphatic rings. The first-order chi connectivity index (χ1) is 16.4. The molecule has 4 rings (SSSR count). The van der Waals surface area contributed by atoms with Crippen molar-refractivity contribution >= 4 is 53.3 Å². The molecule has 11 heteroatoms. The lowest BCUT2D eigenvalue weighted by Gasteiger charge is -2.34. The molecule has 2 atom stereocenters. The lowest BCUT2D eigenvalue weighted by atomic mass is 9.90. The van der Waals surface area contributed by atoms with Crippen molar-refractivity contribution in [2.45, 2.75) is 82.5 Å². The van der Waals surface area contributed by atoms with E-state index in [-0.39, 0.29) is 67.4 Å². The molecule has 1 heterocycles. The summed E-state index contributed by atoms with van der Waals surface area (Å²) in [5.74, 6) is 0.877. The molecule has 1 aromatic heterocycles. The van der Waals surface area contributed by atoms with Crippen LogP contribution in [0.1, 0.15) is 67.5 Å². The first kappa shape index (κ1) is 30.0. The predicted molar refractivity (Wildman–Crippen MR) is 147 cm³/mol. The van der Waals surface area contributed by atoms with E-state index in [2.05, 4.69) is 25.9 Å². The van der Waals surface area contributed by atoms with Gasteiger partial charge in [-0.1, -0.05) is 24.5 Å². The lowest BCUT2D eigenvalue weighted by molar-refractivity contribution is 0.0859. The number of aryl methyl sites for hydroxylation is 1. The SMILES string of the molecule is COCC(=N)N[C@@H]1CCCC[C@@H]1Nc1nc(C(=O)N[C@H]2CC[C@H](O)CC2)nc2ccc(C)cc12.Cl.Cl. The molecule has 2 fully saturated rings. The molecule has 0 unspecified atom stereocenters. The number of rotatable bonds is 7. The van der Waals surface area contributed by atoms with E-state index in [1.165, 1.54) is 0 Å². The number of carbonyl (C=O) groups is 1. The Morgan fingerprint density at radius 3 is 2.44 bits per heavy atom. The number of hydrogen-bond acceptors (Lipinski definition) is 7. The van der Waals surface area contributed by atoms with Crippen molar-refractivity contribution in [2.75, 3.05) is 19.0 Å². The first-order valence-electron chi connectivity index (χ1n) is 12.3. The molecule has 0 saturated heterocycles. The van der Waals surface area contributed by atoms with Crippen LogP contribution in [0.5, 0.6) is 0 Å². The highest BCUT2D eigenvalue weighted by Gasteiger charge is 2.28. The van der Waals surface area contributed by atoms with Gasteiger partial charge in [0.15, 0.2) is 0 Å². The van der Waals surface area contributed by atoms with Gasteiger partial charge in [-0.2, -0.15) is 0 Å². The number of carbonyl (C=O) groups excluding carboxylic acids is 1. The number of aliphatic hydroxyl groups is 1. The molecule has 2 saturated carbocycles. The summed E-state index contributed by atoms with van der Waals surface area (Å²) in [7, 11) is 1.59. The quantitative estimate of drug-likeness (QED) is 0.266. The summed E-state index contributed by atoms with van der Waals surface area (Å²) in [6.07, 6.45) is 6.73. The molecular formula is C25H38Cl2N6O3. The monoisotopic (exact) mass is 540 g/mol. The maximum absolute atomic E-state index is 13.1. The molecule has 2 aromatic rings. The number of nitrogens with one attached hydrogen (secondary N) is 4. The van der Waals surface area contributed by atoms with Crippen molar-refractivity contribution < 1.29 is 14.6 Å². The fourth-order valence-corrected chi connectivity index (χ4v) is 4.99. The van der Waals surface area contributed by atoms with Gasteiger partial charge in [-0.15, -0.1) is 24.8 Å². The molecule has 0 radical (unpaired) electrons. The van der Waals surface area contributed by atoms with E-state index in [9.17, 15) is 9.90 Å². The number of aliphatic hydroxyl groups excluding tert-OH is 1. The minimum Gasteiger partial charge on any atom is -0.393 e. The van der Waals surface area contributed by atoms with Crippen molar-refractivity contribution in [3.63, 3.8) is 0 Å². The number of benzene rings is 1. The maximum Gasteiger partial charge on any atom is 0.289 e. The van der Waals surface area contributed by atoms with Crippen LogP contribution in [0, 0.1) is 12.3 Å². The molecule has 2 aliphatic carbocycles. The second-order valence-corrected chi connectivity index (χ2v) is 9.59. The van der Waals surface area contributed by atoms with E-state index < -0.39 is 0 Å². The van der Waals surface area contributed by atoms with Crippen molar-refractivity contribution in [1.82, 2.24) is 20.6 Å². The third kappa shape index (κ3) is 7.65. The zero-order valence-electron chi connectivity index (χ0n) is 20.9. The summed E-state index contributed by atoms with van der Waals surface area (Å²) >= 11 is 0. The van der Waals surface area contributed by atoms with Crippen molar-refractivity contribution in [1.29, 1.82) is 5.41 Å². The van der Waals surface area contributed by atoms with Gasteiger partial charge in [-0.3, -0.25) is 10.2 Å².